The van der Waals surface area contributed by atoms with Crippen molar-refractivity contribution in [3.05, 3.63) is 35.1 Å². The second-order valence-electron chi connectivity index (χ2n) is 3.48. The molecule has 0 aliphatic heterocycles. The van der Waals surface area contributed by atoms with Gasteiger partial charge in [0.1, 0.15) is 0 Å². The molecule has 17 heavy (non-hydrogen) atoms. The van der Waals surface area contributed by atoms with Crippen LogP contribution in [0.3, 0.4) is 0 Å². The van der Waals surface area contributed by atoms with Gasteiger partial charge in [-0.2, -0.15) is 5.10 Å². The minimum Gasteiger partial charge on any atom is -0.298 e. The van der Waals surface area contributed by atoms with Gasteiger partial charge in [-0.3, -0.25) is 14.8 Å². The van der Waals surface area contributed by atoms with Crippen LogP contribution in [0.1, 0.15) is 10.6 Å². The first-order chi connectivity index (χ1) is 8.15. The topological polar surface area (TPSA) is 59.8 Å². The van der Waals surface area contributed by atoms with Gasteiger partial charge in [0, 0.05) is 30.4 Å². The number of rotatable bonds is 3. The lowest BCUT2D eigenvalue weighted by molar-refractivity contribution is -0.111. The molecule has 88 valence electrons. The van der Waals surface area contributed by atoms with Crippen LogP contribution in [0.15, 0.2) is 24.5 Å². The van der Waals surface area contributed by atoms with E-state index in [0.717, 1.165) is 10.6 Å². The van der Waals surface area contributed by atoms with Crippen LogP contribution in [0, 0.1) is 6.92 Å². The van der Waals surface area contributed by atoms with E-state index in [1.54, 1.807) is 23.2 Å². The Balaban J connectivity index is 1.98. The fourth-order valence-electron chi connectivity index (χ4n) is 1.27. The van der Waals surface area contributed by atoms with Gasteiger partial charge in [-0.05, 0) is 19.1 Å². The highest BCUT2D eigenvalue weighted by molar-refractivity contribution is 7.15. The number of amides is 1. The van der Waals surface area contributed by atoms with Gasteiger partial charge in [-0.15, -0.1) is 11.3 Å². The van der Waals surface area contributed by atoms with Gasteiger partial charge in [-0.25, -0.2) is 4.98 Å². The quantitative estimate of drug-likeness (QED) is 0.843. The number of hydrogen-bond donors (Lipinski definition) is 1. The molecule has 0 spiro atoms. The van der Waals surface area contributed by atoms with Crippen molar-refractivity contribution in [3.63, 3.8) is 0 Å². The van der Waals surface area contributed by atoms with E-state index in [1.807, 2.05) is 20.0 Å². The number of carbonyl (C=O) groups is 1. The summed E-state index contributed by atoms with van der Waals surface area (Å²) in [6.07, 6.45) is 6.59. The third kappa shape index (κ3) is 3.01. The summed E-state index contributed by atoms with van der Waals surface area (Å²) >= 11 is 1.45. The van der Waals surface area contributed by atoms with Crippen LogP contribution in [0.5, 0.6) is 0 Å². The highest BCUT2D eigenvalue weighted by Gasteiger charge is 2.02. The zero-order valence-electron chi connectivity index (χ0n) is 9.54. The SMILES string of the molecule is Cc1cnc(NC(=O)C=Cc2ccnn2C)s1. The van der Waals surface area contributed by atoms with Crippen molar-refractivity contribution < 1.29 is 4.79 Å². The molecule has 6 heteroatoms. The molecule has 0 bridgehead atoms. The molecule has 0 fully saturated rings. The normalized spacial score (nSPS) is 10.9. The van der Waals surface area contributed by atoms with Gasteiger partial charge in [0.05, 0.1) is 5.69 Å². The molecule has 0 aliphatic rings. The van der Waals surface area contributed by atoms with Gasteiger partial charge in [0.2, 0.25) is 5.91 Å². The average molecular weight is 248 g/mol. The second kappa shape index (κ2) is 4.92. The summed E-state index contributed by atoms with van der Waals surface area (Å²) in [7, 11) is 1.82. The monoisotopic (exact) mass is 248 g/mol. The molecule has 2 heterocycles. The van der Waals surface area contributed by atoms with Crippen LogP contribution in [0.25, 0.3) is 6.08 Å². The Morgan fingerprint density at radius 3 is 3.00 bits per heavy atom. The second-order valence-corrected chi connectivity index (χ2v) is 4.71. The first-order valence-electron chi connectivity index (χ1n) is 5.04. The van der Waals surface area contributed by atoms with E-state index in [1.165, 1.54) is 17.4 Å². The Morgan fingerprint density at radius 1 is 1.59 bits per heavy atom. The van der Waals surface area contributed by atoms with Crippen LogP contribution in [-0.4, -0.2) is 20.7 Å². The maximum absolute atomic E-state index is 11.6. The Bertz CT molecular complexity index is 555. The third-order valence-electron chi connectivity index (χ3n) is 2.12. The van der Waals surface area contributed by atoms with Crippen LogP contribution < -0.4 is 5.32 Å². The molecule has 0 atom stereocenters. The van der Waals surface area contributed by atoms with Crippen molar-refractivity contribution in [3.8, 4) is 0 Å². The summed E-state index contributed by atoms with van der Waals surface area (Å²) in [5.74, 6) is -0.194. The predicted octanol–water partition coefficient (Wildman–Crippen LogP) is 1.84. The molecule has 2 rings (SSSR count). The molecule has 0 aromatic carbocycles. The van der Waals surface area contributed by atoms with Crippen molar-refractivity contribution in [1.29, 1.82) is 0 Å². The predicted molar refractivity (Wildman–Crippen MR) is 67.7 cm³/mol. The fourth-order valence-corrected chi connectivity index (χ4v) is 1.94. The van der Waals surface area contributed by atoms with E-state index in [4.69, 9.17) is 0 Å². The molecule has 0 unspecified atom stereocenters. The van der Waals surface area contributed by atoms with Crippen molar-refractivity contribution in [2.75, 3.05) is 5.32 Å². The summed E-state index contributed by atoms with van der Waals surface area (Å²) < 4.78 is 1.69. The molecule has 0 saturated heterocycles. The van der Waals surface area contributed by atoms with Crippen LogP contribution in [0.4, 0.5) is 5.13 Å². The first kappa shape index (κ1) is 11.5. The smallest absolute Gasteiger partial charge is 0.250 e. The van der Waals surface area contributed by atoms with Crippen molar-refractivity contribution in [2.45, 2.75) is 6.92 Å². The van der Waals surface area contributed by atoms with Crippen molar-refractivity contribution >= 4 is 28.5 Å². The molecular formula is C11H12N4OS. The van der Waals surface area contributed by atoms with E-state index in [9.17, 15) is 4.79 Å². The molecule has 1 N–H and O–H groups in total. The zero-order valence-corrected chi connectivity index (χ0v) is 10.4. The molecular weight excluding hydrogens is 236 g/mol. The van der Waals surface area contributed by atoms with Crippen molar-refractivity contribution in [2.24, 2.45) is 7.05 Å². The lowest BCUT2D eigenvalue weighted by Crippen LogP contribution is -2.07. The van der Waals surface area contributed by atoms with Crippen LogP contribution in [-0.2, 0) is 11.8 Å². The lowest BCUT2D eigenvalue weighted by atomic mass is 10.3. The summed E-state index contributed by atoms with van der Waals surface area (Å²) in [6.45, 7) is 1.94. The Morgan fingerprint density at radius 2 is 2.41 bits per heavy atom. The van der Waals surface area contributed by atoms with Gasteiger partial charge in [0.25, 0.3) is 0 Å². The highest BCUT2D eigenvalue weighted by Crippen LogP contribution is 2.16. The lowest BCUT2D eigenvalue weighted by Gasteiger charge is -1.96. The molecule has 0 saturated carbocycles. The summed E-state index contributed by atoms with van der Waals surface area (Å²) in [5.41, 5.74) is 0.871. The van der Waals surface area contributed by atoms with Gasteiger partial charge in [0.15, 0.2) is 5.13 Å². The number of nitrogens with one attached hydrogen (secondary N) is 1. The van der Waals surface area contributed by atoms with Gasteiger partial charge in [-0.1, -0.05) is 0 Å². The summed E-state index contributed by atoms with van der Waals surface area (Å²) in [6, 6.07) is 1.83. The van der Waals surface area contributed by atoms with E-state index >= 15 is 0 Å². The Labute approximate surface area is 103 Å². The summed E-state index contributed by atoms with van der Waals surface area (Å²) in [5, 5.41) is 7.32. The largest absolute Gasteiger partial charge is 0.298 e. The molecule has 1 amide bonds. The summed E-state index contributed by atoms with van der Waals surface area (Å²) in [4.78, 5) is 16.7. The van der Waals surface area contributed by atoms with E-state index in [-0.39, 0.29) is 5.91 Å². The van der Waals surface area contributed by atoms with Gasteiger partial charge >= 0.3 is 0 Å². The molecule has 2 aromatic rings. The zero-order chi connectivity index (χ0) is 12.3. The van der Waals surface area contributed by atoms with Crippen LogP contribution >= 0.6 is 11.3 Å². The van der Waals surface area contributed by atoms with E-state index < -0.39 is 0 Å². The molecule has 0 radical (unpaired) electrons. The number of aromatic nitrogens is 3. The highest BCUT2D eigenvalue weighted by atomic mass is 32.1. The number of aryl methyl sites for hydroxylation is 2. The molecule has 5 nitrogen and oxygen atoms in total. The maximum atomic E-state index is 11.6. The van der Waals surface area contributed by atoms with Crippen molar-refractivity contribution in [1.82, 2.24) is 14.8 Å². The maximum Gasteiger partial charge on any atom is 0.250 e. The van der Waals surface area contributed by atoms with E-state index in [2.05, 4.69) is 15.4 Å². The first-order valence-corrected chi connectivity index (χ1v) is 5.86. The Kier molecular flexibility index (Phi) is 3.34. The van der Waals surface area contributed by atoms with Crippen LogP contribution in [0.2, 0.25) is 0 Å². The minimum absolute atomic E-state index is 0.194. The minimum atomic E-state index is -0.194. The number of anilines is 1. The number of hydrogen-bond acceptors (Lipinski definition) is 4. The molecule has 2 aromatic heterocycles. The standard InChI is InChI=1S/C11H12N4OS/c1-8-7-12-11(17-8)14-10(16)4-3-9-5-6-13-15(9)2/h3-7H,1-2H3,(H,12,14,16). The third-order valence-corrected chi connectivity index (χ3v) is 2.94. The van der Waals surface area contributed by atoms with E-state index in [0.29, 0.717) is 5.13 Å². The number of thiazole rings is 1. The van der Waals surface area contributed by atoms with Gasteiger partial charge < -0.3 is 0 Å². The fraction of sp³-hybridized carbons (Fsp3) is 0.182. The average Bonchev–Trinajstić information content (AvgIpc) is 2.85. The number of nitrogens with zero attached hydrogens (tertiary/aromatic N) is 3. The number of carbonyl (C=O) groups excluding carboxylic acids is 1. The molecule has 0 aliphatic carbocycles. The Hall–Kier alpha value is -1.95.